The maximum atomic E-state index is 12.5. The molecule has 2 saturated heterocycles. The number of piperidine rings is 1. The number of furan rings is 1. The molecule has 1 spiro atoms. The number of amides is 1. The van der Waals surface area contributed by atoms with Crippen LogP contribution in [0, 0.1) is 6.92 Å². The van der Waals surface area contributed by atoms with Gasteiger partial charge in [0.1, 0.15) is 11.5 Å². The quantitative estimate of drug-likeness (QED) is 0.858. The summed E-state index contributed by atoms with van der Waals surface area (Å²) < 4.78 is 5.73. The van der Waals surface area contributed by atoms with E-state index in [2.05, 4.69) is 35.2 Å². The zero-order chi connectivity index (χ0) is 17.4. The van der Waals surface area contributed by atoms with Crippen molar-refractivity contribution in [3.8, 4) is 0 Å². The van der Waals surface area contributed by atoms with Gasteiger partial charge in [-0.15, -0.1) is 0 Å². The van der Waals surface area contributed by atoms with Crippen LogP contribution >= 0.6 is 0 Å². The van der Waals surface area contributed by atoms with E-state index in [1.807, 2.05) is 31.0 Å². The van der Waals surface area contributed by atoms with Crippen molar-refractivity contribution in [1.29, 1.82) is 0 Å². The SMILES string of the molecule is Cc1ccc(CN2CCC3(CC2)C(c2ccccc2)CC(=O)N3C)o1. The van der Waals surface area contributed by atoms with E-state index < -0.39 is 0 Å². The first kappa shape index (κ1) is 16.4. The number of aryl methyl sites for hydroxylation is 1. The Morgan fingerprint density at radius 3 is 2.48 bits per heavy atom. The van der Waals surface area contributed by atoms with Crippen LogP contribution in [0.15, 0.2) is 46.9 Å². The third kappa shape index (κ3) is 2.89. The Labute approximate surface area is 149 Å². The van der Waals surface area contributed by atoms with Crippen LogP contribution in [-0.2, 0) is 11.3 Å². The van der Waals surface area contributed by atoms with Crippen LogP contribution in [0.2, 0.25) is 0 Å². The van der Waals surface area contributed by atoms with Gasteiger partial charge in [-0.3, -0.25) is 9.69 Å². The number of carbonyl (C=O) groups excluding carboxylic acids is 1. The minimum absolute atomic E-state index is 0.0337. The van der Waals surface area contributed by atoms with Gasteiger partial charge in [-0.25, -0.2) is 0 Å². The van der Waals surface area contributed by atoms with Crippen LogP contribution in [0.4, 0.5) is 0 Å². The molecular formula is C21H26N2O2. The van der Waals surface area contributed by atoms with Gasteiger partial charge < -0.3 is 9.32 Å². The molecule has 0 aliphatic carbocycles. The molecular weight excluding hydrogens is 312 g/mol. The van der Waals surface area contributed by atoms with E-state index in [-0.39, 0.29) is 11.4 Å². The second-order valence-electron chi connectivity index (χ2n) is 7.51. The summed E-state index contributed by atoms with van der Waals surface area (Å²) in [6.07, 6.45) is 2.68. The normalized spacial score (nSPS) is 23.5. The van der Waals surface area contributed by atoms with Gasteiger partial charge >= 0.3 is 0 Å². The van der Waals surface area contributed by atoms with Gasteiger partial charge in [-0.05, 0) is 37.5 Å². The maximum absolute atomic E-state index is 12.5. The van der Waals surface area contributed by atoms with Crippen LogP contribution < -0.4 is 0 Å². The highest BCUT2D eigenvalue weighted by molar-refractivity contribution is 5.81. The summed E-state index contributed by atoms with van der Waals surface area (Å²) in [7, 11) is 2.00. The van der Waals surface area contributed by atoms with Gasteiger partial charge in [0, 0.05) is 32.5 Å². The molecule has 2 aliphatic heterocycles. The lowest BCUT2D eigenvalue weighted by Gasteiger charge is -2.46. The standard InChI is InChI=1S/C21H26N2O2/c1-16-8-9-18(25-16)15-23-12-10-21(11-13-23)19(14-20(24)22(21)2)17-6-4-3-5-7-17/h3-9,19H,10-15H2,1-2H3. The Kier molecular flexibility index (Phi) is 4.16. The molecule has 1 amide bonds. The predicted octanol–water partition coefficient (Wildman–Crippen LogP) is 3.57. The van der Waals surface area contributed by atoms with Crippen molar-refractivity contribution in [1.82, 2.24) is 9.80 Å². The molecule has 4 heteroatoms. The van der Waals surface area contributed by atoms with Gasteiger partial charge in [0.25, 0.3) is 0 Å². The smallest absolute Gasteiger partial charge is 0.223 e. The molecule has 1 aromatic heterocycles. The second-order valence-corrected chi connectivity index (χ2v) is 7.51. The minimum atomic E-state index is -0.0337. The Morgan fingerprint density at radius 1 is 1.12 bits per heavy atom. The van der Waals surface area contributed by atoms with Crippen molar-refractivity contribution in [3.63, 3.8) is 0 Å². The summed E-state index contributed by atoms with van der Waals surface area (Å²) in [6, 6.07) is 14.7. The van der Waals surface area contributed by atoms with E-state index in [0.717, 1.165) is 44.0 Å². The van der Waals surface area contributed by atoms with Crippen molar-refractivity contribution in [2.24, 2.45) is 0 Å². The van der Waals surface area contributed by atoms with Crippen LogP contribution in [0.1, 0.15) is 42.3 Å². The van der Waals surface area contributed by atoms with Gasteiger partial charge in [0.15, 0.2) is 0 Å². The fourth-order valence-electron chi connectivity index (χ4n) is 4.67. The van der Waals surface area contributed by atoms with Crippen molar-refractivity contribution >= 4 is 5.91 Å². The third-order valence-corrected chi connectivity index (χ3v) is 6.17. The molecule has 0 bridgehead atoms. The van der Waals surface area contributed by atoms with Crippen molar-refractivity contribution in [2.75, 3.05) is 20.1 Å². The van der Waals surface area contributed by atoms with Gasteiger partial charge in [0.05, 0.1) is 12.1 Å². The molecule has 2 aliphatic rings. The van der Waals surface area contributed by atoms with E-state index in [9.17, 15) is 4.79 Å². The zero-order valence-electron chi connectivity index (χ0n) is 15.1. The van der Waals surface area contributed by atoms with Crippen LogP contribution in [-0.4, -0.2) is 41.4 Å². The zero-order valence-corrected chi connectivity index (χ0v) is 15.1. The maximum Gasteiger partial charge on any atom is 0.223 e. The molecule has 4 nitrogen and oxygen atoms in total. The number of likely N-dealkylation sites (N-methyl/N-ethyl adjacent to an activating group) is 1. The second kappa shape index (κ2) is 6.34. The molecule has 1 aromatic carbocycles. The largest absolute Gasteiger partial charge is 0.465 e. The first-order valence-corrected chi connectivity index (χ1v) is 9.18. The van der Waals surface area contributed by atoms with Gasteiger partial charge in [-0.1, -0.05) is 30.3 Å². The van der Waals surface area contributed by atoms with Crippen LogP contribution in [0.5, 0.6) is 0 Å². The highest BCUT2D eigenvalue weighted by atomic mass is 16.3. The summed E-state index contributed by atoms with van der Waals surface area (Å²) in [5, 5.41) is 0. The molecule has 3 heterocycles. The number of likely N-dealkylation sites (tertiary alicyclic amines) is 2. The third-order valence-electron chi connectivity index (χ3n) is 6.17. The molecule has 0 N–H and O–H groups in total. The lowest BCUT2D eigenvalue weighted by molar-refractivity contribution is -0.130. The highest BCUT2D eigenvalue weighted by Crippen LogP contribution is 2.48. The van der Waals surface area contributed by atoms with Crippen LogP contribution in [0.3, 0.4) is 0 Å². The number of hydrogen-bond donors (Lipinski definition) is 0. The fraction of sp³-hybridized carbons (Fsp3) is 0.476. The molecule has 25 heavy (non-hydrogen) atoms. The number of hydrogen-bond acceptors (Lipinski definition) is 3. The first-order valence-electron chi connectivity index (χ1n) is 9.18. The number of nitrogens with zero attached hydrogens (tertiary/aromatic N) is 2. The number of benzene rings is 1. The summed E-state index contributed by atoms with van der Waals surface area (Å²) in [6.45, 7) is 4.84. The minimum Gasteiger partial charge on any atom is -0.465 e. The lowest BCUT2D eigenvalue weighted by Crippen LogP contribution is -2.53. The monoisotopic (exact) mass is 338 g/mol. The van der Waals surface area contributed by atoms with E-state index in [0.29, 0.717) is 12.3 Å². The first-order chi connectivity index (χ1) is 12.1. The molecule has 4 rings (SSSR count). The molecule has 2 fully saturated rings. The average Bonchev–Trinajstić information content (AvgIpc) is 3.14. The lowest BCUT2D eigenvalue weighted by atomic mass is 9.74. The molecule has 1 unspecified atom stereocenters. The van der Waals surface area contributed by atoms with Gasteiger partial charge in [-0.2, -0.15) is 0 Å². The summed E-state index contributed by atoms with van der Waals surface area (Å²) in [4.78, 5) is 17.0. The Balaban J connectivity index is 1.51. The van der Waals surface area contributed by atoms with E-state index in [1.165, 1.54) is 5.56 Å². The molecule has 0 saturated carbocycles. The van der Waals surface area contributed by atoms with E-state index in [4.69, 9.17) is 4.42 Å². The summed E-state index contributed by atoms with van der Waals surface area (Å²) >= 11 is 0. The molecule has 0 radical (unpaired) electrons. The Morgan fingerprint density at radius 2 is 1.84 bits per heavy atom. The topological polar surface area (TPSA) is 36.7 Å². The predicted molar refractivity (Wildman–Crippen MR) is 97.3 cm³/mol. The summed E-state index contributed by atoms with van der Waals surface area (Å²) in [5.74, 6) is 2.58. The van der Waals surface area contributed by atoms with Gasteiger partial charge in [0.2, 0.25) is 5.91 Å². The molecule has 1 atom stereocenters. The van der Waals surface area contributed by atoms with E-state index in [1.54, 1.807) is 0 Å². The van der Waals surface area contributed by atoms with Crippen LogP contribution in [0.25, 0.3) is 0 Å². The van der Waals surface area contributed by atoms with Crippen molar-refractivity contribution in [3.05, 3.63) is 59.5 Å². The van der Waals surface area contributed by atoms with Crippen molar-refractivity contribution < 1.29 is 9.21 Å². The molecule has 132 valence electrons. The highest BCUT2D eigenvalue weighted by Gasteiger charge is 2.52. The molecule has 2 aromatic rings. The average molecular weight is 338 g/mol. The van der Waals surface area contributed by atoms with Crippen molar-refractivity contribution in [2.45, 2.75) is 44.2 Å². The Bertz CT molecular complexity index is 744. The number of rotatable bonds is 3. The summed E-state index contributed by atoms with van der Waals surface area (Å²) in [5.41, 5.74) is 1.27. The fourth-order valence-corrected chi connectivity index (χ4v) is 4.67. The van der Waals surface area contributed by atoms with E-state index >= 15 is 0 Å². The number of carbonyl (C=O) groups is 1. The Hall–Kier alpha value is -2.07.